The van der Waals surface area contributed by atoms with Crippen LogP contribution < -0.4 is 15.5 Å². The summed E-state index contributed by atoms with van der Waals surface area (Å²) in [6.45, 7) is 3.57. The molecule has 1 heterocycles. The molecule has 1 aromatic heterocycles. The predicted molar refractivity (Wildman–Crippen MR) is 127 cm³/mol. The number of amides is 2. The second-order valence-electron chi connectivity index (χ2n) is 7.82. The van der Waals surface area contributed by atoms with Crippen molar-refractivity contribution in [3.05, 3.63) is 81.8 Å². The van der Waals surface area contributed by atoms with E-state index in [9.17, 15) is 9.59 Å². The van der Waals surface area contributed by atoms with E-state index in [0.29, 0.717) is 46.3 Å². The Morgan fingerprint density at radius 2 is 1.91 bits per heavy atom. The minimum Gasteiger partial charge on any atom is -0.484 e. The Balaban J connectivity index is 1.46. The van der Waals surface area contributed by atoms with Gasteiger partial charge in [0.15, 0.2) is 12.4 Å². The first-order valence-electron chi connectivity index (χ1n) is 10.7. The Kier molecular flexibility index (Phi) is 6.79. The van der Waals surface area contributed by atoms with Crippen LogP contribution in [0, 0.1) is 13.8 Å². The van der Waals surface area contributed by atoms with Crippen molar-refractivity contribution in [2.75, 3.05) is 11.9 Å². The van der Waals surface area contributed by atoms with Crippen molar-refractivity contribution in [3.8, 4) is 5.75 Å². The van der Waals surface area contributed by atoms with Crippen LogP contribution in [0.25, 0.3) is 0 Å². The average Bonchev–Trinajstić information content (AvgIpc) is 3.16. The molecule has 0 fully saturated rings. The molecular weight excluding hydrogens is 442 g/mol. The zero-order valence-electron chi connectivity index (χ0n) is 18.4. The van der Waals surface area contributed by atoms with Crippen molar-refractivity contribution in [2.45, 2.75) is 33.1 Å². The third-order valence-corrected chi connectivity index (χ3v) is 5.80. The van der Waals surface area contributed by atoms with Crippen molar-refractivity contribution in [1.29, 1.82) is 0 Å². The third-order valence-electron chi connectivity index (χ3n) is 5.39. The van der Waals surface area contributed by atoms with E-state index in [1.807, 2.05) is 38.1 Å². The van der Waals surface area contributed by atoms with Gasteiger partial charge in [-0.3, -0.25) is 9.59 Å². The molecule has 2 amide bonds. The van der Waals surface area contributed by atoms with E-state index < -0.39 is 0 Å². The lowest BCUT2D eigenvalue weighted by Gasteiger charge is -2.13. The van der Waals surface area contributed by atoms with E-state index in [1.165, 1.54) is 0 Å². The van der Waals surface area contributed by atoms with Crippen molar-refractivity contribution in [3.63, 3.8) is 0 Å². The highest BCUT2D eigenvalue weighted by molar-refractivity contribution is 6.31. The smallest absolute Gasteiger partial charge is 0.291 e. The summed E-state index contributed by atoms with van der Waals surface area (Å²) >= 11 is 6.16. The largest absolute Gasteiger partial charge is 0.484 e. The van der Waals surface area contributed by atoms with Gasteiger partial charge in [-0.25, -0.2) is 5.43 Å². The summed E-state index contributed by atoms with van der Waals surface area (Å²) < 4.78 is 11.4. The van der Waals surface area contributed by atoms with Crippen LogP contribution in [0.15, 0.2) is 58.0 Å². The number of hydrogen-bond acceptors (Lipinski definition) is 5. The van der Waals surface area contributed by atoms with E-state index in [-0.39, 0.29) is 24.2 Å². The molecule has 2 aromatic carbocycles. The fourth-order valence-electron chi connectivity index (χ4n) is 3.68. The Morgan fingerprint density at radius 3 is 2.67 bits per heavy atom. The normalized spacial score (nSPS) is 14.0. The molecule has 1 aliphatic carbocycles. The number of aryl methyl sites for hydroxylation is 2. The number of ether oxygens (including phenoxy) is 1. The fourth-order valence-corrected chi connectivity index (χ4v) is 3.86. The number of carbonyl (C=O) groups excluding carboxylic acids is 2. The summed E-state index contributed by atoms with van der Waals surface area (Å²) in [5, 5.41) is 7.71. The second-order valence-corrected chi connectivity index (χ2v) is 8.23. The van der Waals surface area contributed by atoms with E-state index in [1.54, 1.807) is 24.3 Å². The molecule has 7 nitrogen and oxygen atoms in total. The zero-order valence-corrected chi connectivity index (χ0v) is 19.2. The van der Waals surface area contributed by atoms with Crippen molar-refractivity contribution in [1.82, 2.24) is 5.43 Å². The number of para-hydroxylation sites is 1. The van der Waals surface area contributed by atoms with Crippen LogP contribution in [0.3, 0.4) is 0 Å². The first-order chi connectivity index (χ1) is 15.9. The summed E-state index contributed by atoms with van der Waals surface area (Å²) in [6, 6.07) is 14.4. The number of benzene rings is 2. The van der Waals surface area contributed by atoms with Crippen LogP contribution in [0.2, 0.25) is 5.02 Å². The molecule has 0 saturated heterocycles. The molecule has 33 heavy (non-hydrogen) atoms. The van der Waals surface area contributed by atoms with E-state index in [0.717, 1.165) is 17.5 Å². The summed E-state index contributed by atoms with van der Waals surface area (Å²) in [5.74, 6) is 0.802. The number of rotatable bonds is 6. The minimum atomic E-state index is -0.367. The molecule has 1 aliphatic rings. The Hall–Kier alpha value is -3.58. The van der Waals surface area contributed by atoms with Crippen LogP contribution in [0.4, 0.5) is 5.69 Å². The second kappa shape index (κ2) is 9.92. The molecule has 0 bridgehead atoms. The first-order valence-corrected chi connectivity index (χ1v) is 11.0. The highest BCUT2D eigenvalue weighted by Crippen LogP contribution is 2.30. The molecular formula is C25H24ClN3O4. The van der Waals surface area contributed by atoms with Gasteiger partial charge in [0.2, 0.25) is 0 Å². The molecule has 2 N–H and O–H groups in total. The molecule has 170 valence electrons. The van der Waals surface area contributed by atoms with Gasteiger partial charge in [0.05, 0.1) is 5.71 Å². The molecule has 3 aromatic rings. The van der Waals surface area contributed by atoms with Crippen molar-refractivity contribution < 1.29 is 18.7 Å². The monoisotopic (exact) mass is 465 g/mol. The van der Waals surface area contributed by atoms with Crippen LogP contribution in [0.1, 0.15) is 45.8 Å². The molecule has 0 atom stereocenters. The number of halogens is 1. The van der Waals surface area contributed by atoms with Gasteiger partial charge >= 0.3 is 0 Å². The number of anilines is 1. The lowest BCUT2D eigenvalue weighted by molar-refractivity contribution is -0.123. The summed E-state index contributed by atoms with van der Waals surface area (Å²) in [6.07, 6.45) is 2.18. The van der Waals surface area contributed by atoms with Crippen LogP contribution in [-0.2, 0) is 11.2 Å². The third kappa shape index (κ3) is 5.26. The Morgan fingerprint density at radius 1 is 1.12 bits per heavy atom. The average molecular weight is 466 g/mol. The minimum absolute atomic E-state index is 0.148. The lowest BCUT2D eigenvalue weighted by atomic mass is 9.93. The predicted octanol–water partition coefficient (Wildman–Crippen LogP) is 5.04. The number of furan rings is 1. The highest BCUT2D eigenvalue weighted by Gasteiger charge is 2.28. The number of nitrogens with one attached hydrogen (secondary N) is 2. The fraction of sp³-hybridized carbons (Fsp3) is 0.240. The Labute approximate surface area is 196 Å². The first kappa shape index (κ1) is 22.6. The van der Waals surface area contributed by atoms with E-state index >= 15 is 0 Å². The van der Waals surface area contributed by atoms with Gasteiger partial charge in [-0.1, -0.05) is 35.9 Å². The van der Waals surface area contributed by atoms with E-state index in [4.69, 9.17) is 20.8 Å². The summed E-state index contributed by atoms with van der Waals surface area (Å²) in [7, 11) is 0. The van der Waals surface area contributed by atoms with Crippen molar-refractivity contribution in [2.24, 2.45) is 5.10 Å². The van der Waals surface area contributed by atoms with Gasteiger partial charge in [-0.15, -0.1) is 0 Å². The molecule has 0 aliphatic heterocycles. The van der Waals surface area contributed by atoms with Gasteiger partial charge in [-0.05, 0) is 56.5 Å². The van der Waals surface area contributed by atoms with Gasteiger partial charge in [0, 0.05) is 28.3 Å². The molecule has 0 spiro atoms. The summed E-state index contributed by atoms with van der Waals surface area (Å²) in [5.41, 5.74) is 6.21. The van der Waals surface area contributed by atoms with Crippen LogP contribution in [0.5, 0.6) is 5.75 Å². The number of carbonyl (C=O) groups is 2. The molecule has 0 radical (unpaired) electrons. The maximum atomic E-state index is 12.9. The maximum absolute atomic E-state index is 12.9. The topological polar surface area (TPSA) is 92.9 Å². The summed E-state index contributed by atoms with van der Waals surface area (Å²) in [4.78, 5) is 25.1. The van der Waals surface area contributed by atoms with Crippen LogP contribution >= 0.6 is 11.6 Å². The Bertz CT molecular complexity index is 1220. The number of fused-ring (bicyclic) bond motifs is 1. The van der Waals surface area contributed by atoms with Gasteiger partial charge < -0.3 is 14.5 Å². The zero-order chi connectivity index (χ0) is 23.4. The van der Waals surface area contributed by atoms with Gasteiger partial charge in [0.1, 0.15) is 11.5 Å². The standard InChI is InChI=1S/C25H24ClN3O4/c1-15-11-12-17(13-19(15)26)27-25(31)24-16(2)23-20(9-6-10-21(23)33-24)28-29-22(30)14-32-18-7-4-3-5-8-18/h3-5,7-8,11-13H,6,9-10,14H2,1-2H3,(H,27,31)(H,29,30)/b28-20+. The van der Waals surface area contributed by atoms with E-state index in [2.05, 4.69) is 15.8 Å². The van der Waals surface area contributed by atoms with Crippen LogP contribution in [-0.4, -0.2) is 24.1 Å². The van der Waals surface area contributed by atoms with Crippen molar-refractivity contribution >= 4 is 34.8 Å². The molecule has 0 unspecified atom stereocenters. The molecule has 4 rings (SSSR count). The number of nitrogens with zero attached hydrogens (tertiary/aromatic N) is 1. The highest BCUT2D eigenvalue weighted by atomic mass is 35.5. The molecule has 8 heteroatoms. The SMILES string of the molecule is Cc1ccc(NC(=O)c2oc3c(c2C)/C(=N/NC(=O)COc2ccccc2)CCC3)cc1Cl. The van der Waals surface area contributed by atoms with Gasteiger partial charge in [-0.2, -0.15) is 5.10 Å². The number of hydrazone groups is 1. The lowest BCUT2D eigenvalue weighted by Crippen LogP contribution is -2.27. The quantitative estimate of drug-likeness (QED) is 0.499. The maximum Gasteiger partial charge on any atom is 0.291 e. The molecule has 0 saturated carbocycles. The number of hydrogen-bond donors (Lipinski definition) is 2. The van der Waals surface area contributed by atoms with Gasteiger partial charge in [0.25, 0.3) is 11.8 Å².